The summed E-state index contributed by atoms with van der Waals surface area (Å²) in [4.78, 5) is 31.9. The molecule has 3 fully saturated rings. The highest BCUT2D eigenvalue weighted by molar-refractivity contribution is 6.36. The lowest BCUT2D eigenvalue weighted by Crippen LogP contribution is -2.56. The molecule has 3 saturated heterocycles. The number of rotatable bonds is 7. The van der Waals surface area contributed by atoms with E-state index in [9.17, 15) is 4.79 Å². The summed E-state index contributed by atoms with van der Waals surface area (Å²) in [6, 6.07) is 14.8. The van der Waals surface area contributed by atoms with Crippen molar-refractivity contribution in [1.82, 2.24) is 19.8 Å². The number of piperazine rings is 1. The van der Waals surface area contributed by atoms with Crippen molar-refractivity contribution in [1.29, 1.82) is 0 Å². The lowest BCUT2D eigenvalue weighted by atomic mass is 9.95. The van der Waals surface area contributed by atoms with E-state index in [0.29, 0.717) is 53.6 Å². The molecule has 3 aromatic carbocycles. The normalized spacial score (nSPS) is 19.5. The van der Waals surface area contributed by atoms with Gasteiger partial charge in [-0.15, -0.1) is 0 Å². The number of aromatic nitrogens is 2. The molecule has 0 bridgehead atoms. The Hall–Kier alpha value is -4.26. The topological polar surface area (TPSA) is 66.2 Å². The molecule has 7 rings (SSSR count). The maximum atomic E-state index is 16.8. The fourth-order valence-corrected chi connectivity index (χ4v) is 7.82. The third-order valence-corrected chi connectivity index (χ3v) is 10.0. The number of hydrogen-bond donors (Lipinski definition) is 0. The highest BCUT2D eigenvalue weighted by Gasteiger charge is 2.45. The zero-order valence-electron chi connectivity index (χ0n) is 25.0. The minimum atomic E-state index is -0.479. The molecule has 3 aliphatic rings. The zero-order valence-corrected chi connectivity index (χ0v) is 25.8. The summed E-state index contributed by atoms with van der Waals surface area (Å²) in [5.41, 5.74) is 1.20. The van der Waals surface area contributed by atoms with E-state index in [0.717, 1.165) is 49.5 Å². The Kier molecular flexibility index (Phi) is 7.80. The van der Waals surface area contributed by atoms with Gasteiger partial charge in [-0.05, 0) is 67.9 Å². The number of benzene rings is 3. The third-order valence-electron chi connectivity index (χ3n) is 9.73. The number of carbonyl (C=O) groups is 1. The highest BCUT2D eigenvalue weighted by Crippen LogP contribution is 2.41. The van der Waals surface area contributed by atoms with E-state index in [-0.39, 0.29) is 35.6 Å². The van der Waals surface area contributed by atoms with Gasteiger partial charge in [0.15, 0.2) is 5.82 Å². The van der Waals surface area contributed by atoms with Crippen LogP contribution in [0.5, 0.6) is 6.01 Å². The van der Waals surface area contributed by atoms with E-state index in [1.165, 1.54) is 6.08 Å². The molecule has 0 spiro atoms. The average Bonchev–Trinajstić information content (AvgIpc) is 3.64. The molecule has 0 saturated carbocycles. The first-order valence-corrected chi connectivity index (χ1v) is 15.9. The van der Waals surface area contributed by atoms with Gasteiger partial charge >= 0.3 is 6.01 Å². The minimum Gasteiger partial charge on any atom is -0.461 e. The van der Waals surface area contributed by atoms with E-state index in [2.05, 4.69) is 21.3 Å². The van der Waals surface area contributed by atoms with Gasteiger partial charge in [-0.3, -0.25) is 9.69 Å². The molecule has 3 aliphatic heterocycles. The summed E-state index contributed by atoms with van der Waals surface area (Å²) in [6.07, 6.45) is 5.67. The van der Waals surface area contributed by atoms with Crippen LogP contribution in [0.25, 0.3) is 37.6 Å². The van der Waals surface area contributed by atoms with Crippen LogP contribution in [0, 0.1) is 12.4 Å². The van der Waals surface area contributed by atoms with Crippen molar-refractivity contribution in [2.75, 3.05) is 50.8 Å². The number of nitrogens with zero attached hydrogens (tertiary/aromatic N) is 6. The number of halogens is 2. The molecule has 1 amide bonds. The second-order valence-corrected chi connectivity index (χ2v) is 12.6. The lowest BCUT2D eigenvalue weighted by Gasteiger charge is -2.39. The Morgan fingerprint density at radius 2 is 1.87 bits per heavy atom. The van der Waals surface area contributed by atoms with Crippen LogP contribution in [0.2, 0.25) is 5.02 Å². The number of carbonyl (C=O) groups excluding carboxylic acids is 1. The second-order valence-electron chi connectivity index (χ2n) is 12.2. The van der Waals surface area contributed by atoms with Gasteiger partial charge in [0.2, 0.25) is 12.5 Å². The SMILES string of the molecule is [C-]#[N+]C[C@H]1CN(c2nc(OCC34CCCN3CCC4)nc3c(F)c(-c4cccc5cccc(Cl)c45)ccc23)CCN1C(=O)C=C. The van der Waals surface area contributed by atoms with Crippen LogP contribution < -0.4 is 9.64 Å². The maximum Gasteiger partial charge on any atom is 0.319 e. The summed E-state index contributed by atoms with van der Waals surface area (Å²) in [5, 5.41) is 2.78. The molecule has 0 radical (unpaired) electrons. The molecular formula is C35H34ClFN6O2. The van der Waals surface area contributed by atoms with Gasteiger partial charge in [-0.2, -0.15) is 9.97 Å². The van der Waals surface area contributed by atoms with E-state index in [1.807, 2.05) is 47.4 Å². The van der Waals surface area contributed by atoms with Crippen LogP contribution in [0.1, 0.15) is 25.7 Å². The highest BCUT2D eigenvalue weighted by atomic mass is 35.5. The predicted octanol–water partition coefficient (Wildman–Crippen LogP) is 6.37. The summed E-state index contributed by atoms with van der Waals surface area (Å²) in [5.74, 6) is -0.154. The standard InChI is InChI=1S/C35H34ClFN6O2/c1-3-29(44)43-19-18-41(21-24(43)20-38-2)33-27-13-12-26(25-10-4-8-23-9-5-11-28(36)30(23)25)31(37)32(27)39-34(40-33)45-22-35-14-6-16-42(35)17-7-15-35/h3-5,8-13,24H,1,6-7,14-22H2/t24-/m0/s1. The molecule has 45 heavy (non-hydrogen) atoms. The van der Waals surface area contributed by atoms with Gasteiger partial charge in [0.25, 0.3) is 0 Å². The Bertz CT molecular complexity index is 1840. The first kappa shape index (κ1) is 29.5. The van der Waals surface area contributed by atoms with Crippen LogP contribution >= 0.6 is 11.6 Å². The van der Waals surface area contributed by atoms with E-state index >= 15 is 4.39 Å². The monoisotopic (exact) mass is 624 g/mol. The fourth-order valence-electron chi connectivity index (χ4n) is 7.54. The van der Waals surface area contributed by atoms with Crippen molar-refractivity contribution in [2.24, 2.45) is 0 Å². The van der Waals surface area contributed by atoms with Gasteiger partial charge in [-0.1, -0.05) is 54.6 Å². The first-order chi connectivity index (χ1) is 21.9. The molecule has 230 valence electrons. The van der Waals surface area contributed by atoms with Crippen molar-refractivity contribution >= 4 is 45.0 Å². The molecule has 0 unspecified atom stereocenters. The quantitative estimate of drug-likeness (QED) is 0.176. The molecule has 1 atom stereocenters. The molecule has 4 aromatic rings. The van der Waals surface area contributed by atoms with Gasteiger partial charge in [-0.25, -0.2) is 11.0 Å². The maximum absolute atomic E-state index is 16.8. The smallest absolute Gasteiger partial charge is 0.319 e. The number of hydrogen-bond acceptors (Lipinski definition) is 6. The van der Waals surface area contributed by atoms with Gasteiger partial charge in [0.1, 0.15) is 24.0 Å². The Labute approximate surface area is 266 Å². The molecular weight excluding hydrogens is 591 g/mol. The first-order valence-electron chi connectivity index (χ1n) is 15.5. The van der Waals surface area contributed by atoms with Gasteiger partial charge in [0.05, 0.1) is 5.54 Å². The number of ether oxygens (including phenoxy) is 1. The molecule has 1 aromatic heterocycles. The lowest BCUT2D eigenvalue weighted by molar-refractivity contribution is -0.128. The van der Waals surface area contributed by atoms with Crippen molar-refractivity contribution in [3.63, 3.8) is 0 Å². The molecule has 0 N–H and O–H groups in total. The van der Waals surface area contributed by atoms with Crippen molar-refractivity contribution in [3.05, 3.63) is 83.4 Å². The summed E-state index contributed by atoms with van der Waals surface area (Å²) >= 11 is 6.63. The molecule has 10 heteroatoms. The largest absolute Gasteiger partial charge is 0.461 e. The summed E-state index contributed by atoms with van der Waals surface area (Å²) in [7, 11) is 0. The second kappa shape index (κ2) is 11.9. The van der Waals surface area contributed by atoms with Crippen molar-refractivity contribution < 1.29 is 13.9 Å². The molecule has 8 nitrogen and oxygen atoms in total. The van der Waals surface area contributed by atoms with E-state index in [1.54, 1.807) is 11.0 Å². The summed E-state index contributed by atoms with van der Waals surface area (Å²) in [6.45, 7) is 15.1. The Balaban J connectivity index is 1.33. The van der Waals surface area contributed by atoms with E-state index < -0.39 is 5.82 Å². The van der Waals surface area contributed by atoms with E-state index in [4.69, 9.17) is 27.9 Å². The number of anilines is 1. The minimum absolute atomic E-state index is 0.0318. The zero-order chi connectivity index (χ0) is 31.1. The van der Waals surface area contributed by atoms with Gasteiger partial charge in [0, 0.05) is 41.0 Å². The van der Waals surface area contributed by atoms with Crippen LogP contribution in [0.15, 0.2) is 61.2 Å². The van der Waals surface area contributed by atoms with Gasteiger partial charge < -0.3 is 19.4 Å². The van der Waals surface area contributed by atoms with Crippen LogP contribution in [0.3, 0.4) is 0 Å². The average molecular weight is 625 g/mol. The summed E-state index contributed by atoms with van der Waals surface area (Å²) < 4.78 is 23.2. The molecule has 0 aliphatic carbocycles. The Morgan fingerprint density at radius 1 is 1.09 bits per heavy atom. The van der Waals surface area contributed by atoms with Crippen molar-refractivity contribution in [2.45, 2.75) is 37.3 Å². The molecule has 4 heterocycles. The van der Waals surface area contributed by atoms with Crippen molar-refractivity contribution in [3.8, 4) is 17.1 Å². The number of fused-ring (bicyclic) bond motifs is 3. The Morgan fingerprint density at radius 3 is 2.62 bits per heavy atom. The van der Waals surface area contributed by atoms with Crippen LogP contribution in [-0.2, 0) is 4.79 Å². The van der Waals surface area contributed by atoms with Crippen LogP contribution in [-0.4, -0.2) is 83.1 Å². The predicted molar refractivity (Wildman–Crippen MR) is 175 cm³/mol. The third kappa shape index (κ3) is 5.16. The number of amides is 1. The fraction of sp³-hybridized carbons (Fsp3) is 0.371. The van der Waals surface area contributed by atoms with Crippen LogP contribution in [0.4, 0.5) is 10.2 Å².